The third-order valence-electron chi connectivity index (χ3n) is 2.62. The predicted octanol–water partition coefficient (Wildman–Crippen LogP) is 2.90. The topological polar surface area (TPSA) is 45.8 Å². The van der Waals surface area contributed by atoms with Crippen molar-refractivity contribution in [3.05, 3.63) is 41.2 Å². The summed E-state index contributed by atoms with van der Waals surface area (Å²) < 4.78 is 0. The Morgan fingerprint density at radius 2 is 1.94 bits per heavy atom. The molecule has 1 aromatic heterocycles. The largest absolute Gasteiger partial charge is 0.341 e. The van der Waals surface area contributed by atoms with Crippen molar-refractivity contribution in [1.82, 2.24) is 9.97 Å². The lowest BCUT2D eigenvalue weighted by molar-refractivity contribution is 0.101. The Labute approximate surface area is 94.5 Å². The lowest BCUT2D eigenvalue weighted by Crippen LogP contribution is -1.94. The van der Waals surface area contributed by atoms with Crippen molar-refractivity contribution in [2.75, 3.05) is 0 Å². The van der Waals surface area contributed by atoms with Gasteiger partial charge in [0.2, 0.25) is 0 Å². The van der Waals surface area contributed by atoms with Gasteiger partial charge in [-0.25, -0.2) is 4.98 Å². The first-order valence-corrected chi connectivity index (χ1v) is 5.23. The predicted molar refractivity (Wildman–Crippen MR) is 63.5 cm³/mol. The van der Waals surface area contributed by atoms with Gasteiger partial charge in [0.05, 0.1) is 0 Å². The Bertz CT molecular complexity index is 541. The zero-order chi connectivity index (χ0) is 11.7. The summed E-state index contributed by atoms with van der Waals surface area (Å²) in [5, 5.41) is 0. The minimum absolute atomic E-state index is 0.00594. The number of hydrogen-bond donors (Lipinski definition) is 1. The Hall–Kier alpha value is -1.90. The minimum Gasteiger partial charge on any atom is -0.341 e. The molecule has 0 atom stereocenters. The number of H-pyrrole nitrogens is 1. The molecule has 0 fully saturated rings. The Morgan fingerprint density at radius 1 is 1.25 bits per heavy atom. The molecule has 3 nitrogen and oxygen atoms in total. The van der Waals surface area contributed by atoms with E-state index in [4.69, 9.17) is 0 Å². The number of nitrogens with one attached hydrogen (secondary N) is 1. The number of carbonyl (C=O) groups is 1. The number of aromatic amines is 1. The number of nitrogens with zero attached hydrogens (tertiary/aromatic N) is 1. The zero-order valence-electron chi connectivity index (χ0n) is 9.66. The van der Waals surface area contributed by atoms with E-state index in [0.717, 1.165) is 22.6 Å². The molecule has 0 aliphatic carbocycles. The molecule has 16 heavy (non-hydrogen) atoms. The maximum atomic E-state index is 11.3. The smallest absolute Gasteiger partial charge is 0.179 e. The van der Waals surface area contributed by atoms with Crippen molar-refractivity contribution in [2.24, 2.45) is 0 Å². The normalized spacial score (nSPS) is 10.4. The number of rotatable bonds is 2. The number of benzene rings is 1. The van der Waals surface area contributed by atoms with Gasteiger partial charge in [-0.3, -0.25) is 4.79 Å². The molecule has 0 saturated carbocycles. The highest BCUT2D eigenvalue weighted by Gasteiger charge is 2.12. The molecule has 2 aromatic rings. The van der Waals surface area contributed by atoms with E-state index in [2.05, 4.69) is 9.97 Å². The maximum Gasteiger partial charge on any atom is 0.179 e. The van der Waals surface area contributed by atoms with E-state index in [1.165, 1.54) is 6.92 Å². The number of Topliss-reactive ketones (excluding diaryl/α,β-unsaturated/α-hetero) is 1. The van der Waals surface area contributed by atoms with E-state index in [1.807, 2.05) is 38.1 Å². The van der Waals surface area contributed by atoms with Crippen molar-refractivity contribution in [3.8, 4) is 11.4 Å². The van der Waals surface area contributed by atoms with Gasteiger partial charge < -0.3 is 4.98 Å². The minimum atomic E-state index is -0.00594. The van der Waals surface area contributed by atoms with Crippen molar-refractivity contribution < 1.29 is 4.79 Å². The van der Waals surface area contributed by atoms with E-state index in [-0.39, 0.29) is 5.78 Å². The first-order valence-electron chi connectivity index (χ1n) is 5.23. The summed E-state index contributed by atoms with van der Waals surface area (Å²) >= 11 is 0. The SMILES string of the molecule is CC(=O)c1nc(-c2ccccc2C)[nH]c1C. The van der Waals surface area contributed by atoms with Crippen LogP contribution in [0.5, 0.6) is 0 Å². The zero-order valence-corrected chi connectivity index (χ0v) is 9.66. The average Bonchev–Trinajstić information content (AvgIpc) is 2.61. The summed E-state index contributed by atoms with van der Waals surface area (Å²) in [4.78, 5) is 18.8. The van der Waals surface area contributed by atoms with Gasteiger partial charge in [0.15, 0.2) is 5.78 Å². The Kier molecular flexibility index (Phi) is 2.60. The molecule has 0 aliphatic rings. The van der Waals surface area contributed by atoms with Crippen molar-refractivity contribution in [1.29, 1.82) is 0 Å². The average molecular weight is 214 g/mol. The highest BCUT2D eigenvalue weighted by molar-refractivity contribution is 5.93. The number of aryl methyl sites for hydroxylation is 2. The highest BCUT2D eigenvalue weighted by Crippen LogP contribution is 2.21. The van der Waals surface area contributed by atoms with Crippen LogP contribution in [0.25, 0.3) is 11.4 Å². The van der Waals surface area contributed by atoms with Crippen LogP contribution in [-0.4, -0.2) is 15.8 Å². The number of hydrogen-bond acceptors (Lipinski definition) is 2. The number of aromatic nitrogens is 2. The Morgan fingerprint density at radius 3 is 2.50 bits per heavy atom. The molecule has 0 unspecified atom stereocenters. The van der Waals surface area contributed by atoms with Crippen LogP contribution >= 0.6 is 0 Å². The molecule has 0 radical (unpaired) electrons. The monoisotopic (exact) mass is 214 g/mol. The van der Waals surface area contributed by atoms with Crippen LogP contribution in [0.4, 0.5) is 0 Å². The van der Waals surface area contributed by atoms with E-state index in [1.54, 1.807) is 0 Å². The summed E-state index contributed by atoms with van der Waals surface area (Å²) in [6, 6.07) is 7.98. The second-order valence-electron chi connectivity index (χ2n) is 3.93. The molecule has 1 aromatic carbocycles. The van der Waals surface area contributed by atoms with E-state index in [0.29, 0.717) is 5.69 Å². The van der Waals surface area contributed by atoms with Gasteiger partial charge in [-0.1, -0.05) is 24.3 Å². The fourth-order valence-corrected chi connectivity index (χ4v) is 1.77. The van der Waals surface area contributed by atoms with Crippen molar-refractivity contribution in [2.45, 2.75) is 20.8 Å². The molecule has 1 heterocycles. The van der Waals surface area contributed by atoms with Crippen LogP contribution in [-0.2, 0) is 0 Å². The van der Waals surface area contributed by atoms with Crippen molar-refractivity contribution in [3.63, 3.8) is 0 Å². The molecular weight excluding hydrogens is 200 g/mol. The second-order valence-corrected chi connectivity index (χ2v) is 3.93. The van der Waals surface area contributed by atoms with Crippen LogP contribution < -0.4 is 0 Å². The summed E-state index contributed by atoms with van der Waals surface area (Å²) in [5.74, 6) is 0.759. The third-order valence-corrected chi connectivity index (χ3v) is 2.62. The van der Waals surface area contributed by atoms with Gasteiger partial charge in [0.25, 0.3) is 0 Å². The number of carbonyl (C=O) groups excluding carboxylic acids is 1. The molecule has 0 saturated heterocycles. The molecule has 0 amide bonds. The van der Waals surface area contributed by atoms with Crippen molar-refractivity contribution >= 4 is 5.78 Å². The molecule has 82 valence electrons. The number of imidazole rings is 1. The third kappa shape index (κ3) is 1.76. The van der Waals surface area contributed by atoms with Crippen LogP contribution in [0, 0.1) is 13.8 Å². The molecule has 1 N–H and O–H groups in total. The summed E-state index contributed by atoms with van der Waals surface area (Å²) in [6.07, 6.45) is 0. The fraction of sp³-hybridized carbons (Fsp3) is 0.231. The van der Waals surface area contributed by atoms with Crippen LogP contribution in [0.3, 0.4) is 0 Å². The van der Waals surface area contributed by atoms with Gasteiger partial charge >= 0.3 is 0 Å². The second kappa shape index (κ2) is 3.93. The Balaban J connectivity index is 2.54. The van der Waals surface area contributed by atoms with Gasteiger partial charge in [0.1, 0.15) is 11.5 Å². The quantitative estimate of drug-likeness (QED) is 0.781. The lowest BCUT2D eigenvalue weighted by Gasteiger charge is -2.00. The molecular formula is C13H14N2O. The van der Waals surface area contributed by atoms with Gasteiger partial charge in [-0.2, -0.15) is 0 Å². The maximum absolute atomic E-state index is 11.3. The molecule has 0 aliphatic heterocycles. The molecule has 0 bridgehead atoms. The standard InChI is InChI=1S/C13H14N2O/c1-8-6-4-5-7-11(8)13-14-9(2)12(15-13)10(3)16/h4-7H,1-3H3,(H,14,15). The summed E-state index contributed by atoms with van der Waals surface area (Å²) in [7, 11) is 0. The summed E-state index contributed by atoms with van der Waals surface area (Å²) in [6.45, 7) is 5.43. The van der Waals surface area contributed by atoms with E-state index < -0.39 is 0 Å². The lowest BCUT2D eigenvalue weighted by atomic mass is 10.1. The van der Waals surface area contributed by atoms with E-state index in [9.17, 15) is 4.79 Å². The van der Waals surface area contributed by atoms with Crippen LogP contribution in [0.1, 0.15) is 28.7 Å². The summed E-state index contributed by atoms with van der Waals surface area (Å²) in [5.41, 5.74) is 3.54. The fourth-order valence-electron chi connectivity index (χ4n) is 1.77. The van der Waals surface area contributed by atoms with Gasteiger partial charge in [0, 0.05) is 18.2 Å². The van der Waals surface area contributed by atoms with Gasteiger partial charge in [-0.15, -0.1) is 0 Å². The highest BCUT2D eigenvalue weighted by atomic mass is 16.1. The first-order chi connectivity index (χ1) is 7.59. The molecule has 0 spiro atoms. The first kappa shape index (κ1) is 10.6. The van der Waals surface area contributed by atoms with E-state index >= 15 is 0 Å². The van der Waals surface area contributed by atoms with Crippen LogP contribution in [0.2, 0.25) is 0 Å². The van der Waals surface area contributed by atoms with Crippen LogP contribution in [0.15, 0.2) is 24.3 Å². The number of ketones is 1. The van der Waals surface area contributed by atoms with Gasteiger partial charge in [-0.05, 0) is 19.4 Å². The molecule has 3 heteroatoms. The molecule has 2 rings (SSSR count).